The second kappa shape index (κ2) is 6.56. The summed E-state index contributed by atoms with van der Waals surface area (Å²) in [5, 5.41) is 0. The average Bonchev–Trinajstić information content (AvgIpc) is 2.33. The van der Waals surface area contributed by atoms with Gasteiger partial charge in [-0.05, 0) is 48.8 Å². The van der Waals surface area contributed by atoms with Crippen molar-refractivity contribution in [3.8, 4) is 0 Å². The Morgan fingerprint density at radius 1 is 1.27 bits per heavy atom. The lowest BCUT2D eigenvalue weighted by Gasteiger charge is -2.38. The first-order valence-corrected chi connectivity index (χ1v) is 7.84. The van der Waals surface area contributed by atoms with Crippen LogP contribution >= 0.6 is 15.9 Å². The van der Waals surface area contributed by atoms with E-state index in [0.29, 0.717) is 13.1 Å². The van der Waals surface area contributed by atoms with Crippen LogP contribution in [0.3, 0.4) is 0 Å². The van der Waals surface area contributed by atoms with Crippen molar-refractivity contribution in [1.29, 1.82) is 0 Å². The summed E-state index contributed by atoms with van der Waals surface area (Å²) in [6.07, 6.45) is -0.379. The maximum atomic E-state index is 12.0. The smallest absolute Gasteiger partial charge is 0.410 e. The van der Waals surface area contributed by atoms with Gasteiger partial charge in [0.2, 0.25) is 5.91 Å². The van der Waals surface area contributed by atoms with Crippen LogP contribution < -0.4 is 10.9 Å². The Bertz CT molecular complexity index is 565. The highest BCUT2D eigenvalue weighted by Gasteiger charge is 2.37. The summed E-state index contributed by atoms with van der Waals surface area (Å²) in [6, 6.07) is 7.48. The zero-order valence-electron chi connectivity index (χ0n) is 12.9. The molecule has 2 amide bonds. The Morgan fingerprint density at radius 3 is 2.50 bits per heavy atom. The largest absolute Gasteiger partial charge is 0.444 e. The zero-order chi connectivity index (χ0) is 16.3. The van der Waals surface area contributed by atoms with E-state index in [1.54, 1.807) is 0 Å². The molecule has 1 fully saturated rings. The number of rotatable bonds is 3. The normalized spacial score (nSPS) is 15.0. The van der Waals surface area contributed by atoms with Gasteiger partial charge in [-0.1, -0.05) is 12.1 Å². The molecule has 1 aromatic carbocycles. The van der Waals surface area contributed by atoms with E-state index in [0.717, 1.165) is 10.2 Å². The molecule has 0 bridgehead atoms. The number of hydrogen-bond donors (Lipinski definition) is 2. The van der Waals surface area contributed by atoms with E-state index in [4.69, 9.17) is 4.74 Å². The summed E-state index contributed by atoms with van der Waals surface area (Å²) >= 11 is 3.39. The molecule has 7 heteroatoms. The van der Waals surface area contributed by atoms with Gasteiger partial charge in [0.05, 0.1) is 11.6 Å². The van der Waals surface area contributed by atoms with E-state index in [2.05, 4.69) is 26.8 Å². The summed E-state index contributed by atoms with van der Waals surface area (Å²) in [5.74, 6) is -0.363. The number of ether oxygens (including phenoxy) is 1. The Kier molecular flexibility index (Phi) is 4.95. The molecule has 1 aliphatic rings. The summed E-state index contributed by atoms with van der Waals surface area (Å²) < 4.78 is 6.11. The topological polar surface area (TPSA) is 70.7 Å². The van der Waals surface area contributed by atoms with Gasteiger partial charge in [0.1, 0.15) is 5.60 Å². The van der Waals surface area contributed by atoms with Gasteiger partial charge in [-0.2, -0.15) is 0 Å². The van der Waals surface area contributed by atoms with Gasteiger partial charge in [-0.3, -0.25) is 15.6 Å². The van der Waals surface area contributed by atoms with Crippen LogP contribution in [0.15, 0.2) is 28.7 Å². The standard InChI is InChI=1S/C15H20BrN3O3/c1-15(2,3)22-14(21)19-8-10(9-19)13(20)18-17-12-7-5-4-6-11(12)16/h4-7,10,17H,8-9H2,1-3H3,(H,18,20). The van der Waals surface area contributed by atoms with Crippen molar-refractivity contribution >= 4 is 33.6 Å². The van der Waals surface area contributed by atoms with Crippen LogP contribution in [0.5, 0.6) is 0 Å². The minimum atomic E-state index is -0.522. The fourth-order valence-corrected chi connectivity index (χ4v) is 2.30. The third-order valence-corrected chi connectivity index (χ3v) is 3.79. The quantitative estimate of drug-likeness (QED) is 0.803. The molecule has 0 unspecified atom stereocenters. The molecule has 22 heavy (non-hydrogen) atoms. The molecule has 0 spiro atoms. The van der Waals surface area contributed by atoms with E-state index in [-0.39, 0.29) is 17.9 Å². The van der Waals surface area contributed by atoms with Crippen molar-refractivity contribution in [2.24, 2.45) is 5.92 Å². The fraction of sp³-hybridized carbons (Fsp3) is 0.467. The lowest BCUT2D eigenvalue weighted by Crippen LogP contribution is -2.57. The number of likely N-dealkylation sites (tertiary alicyclic amines) is 1. The summed E-state index contributed by atoms with van der Waals surface area (Å²) in [5.41, 5.74) is 5.77. The van der Waals surface area contributed by atoms with Gasteiger partial charge in [0, 0.05) is 17.6 Å². The molecule has 2 N–H and O–H groups in total. The maximum absolute atomic E-state index is 12.0. The van der Waals surface area contributed by atoms with Crippen LogP contribution in [0.2, 0.25) is 0 Å². The minimum absolute atomic E-state index is 0.143. The van der Waals surface area contributed by atoms with Crippen LogP contribution in [0, 0.1) is 5.92 Å². The number of halogens is 1. The number of benzene rings is 1. The van der Waals surface area contributed by atoms with Gasteiger partial charge in [0.25, 0.3) is 0 Å². The Labute approximate surface area is 138 Å². The fourth-order valence-electron chi connectivity index (χ4n) is 1.91. The van der Waals surface area contributed by atoms with E-state index in [1.165, 1.54) is 4.90 Å². The van der Waals surface area contributed by atoms with Gasteiger partial charge in [-0.25, -0.2) is 4.79 Å². The third kappa shape index (κ3) is 4.37. The summed E-state index contributed by atoms with van der Waals surface area (Å²) in [6.45, 7) is 6.19. The second-order valence-corrected chi connectivity index (χ2v) is 7.03. The molecule has 0 saturated carbocycles. The number of hydrazine groups is 1. The number of anilines is 1. The monoisotopic (exact) mass is 369 g/mol. The predicted molar refractivity (Wildman–Crippen MR) is 87.2 cm³/mol. The van der Waals surface area contributed by atoms with Crippen molar-refractivity contribution in [2.45, 2.75) is 26.4 Å². The number of carbonyl (C=O) groups excluding carboxylic acids is 2. The van der Waals surface area contributed by atoms with Crippen LogP contribution in [0.1, 0.15) is 20.8 Å². The lowest BCUT2D eigenvalue weighted by atomic mass is 10.0. The molecule has 0 aromatic heterocycles. The van der Waals surface area contributed by atoms with Gasteiger partial charge in [0.15, 0.2) is 0 Å². The third-order valence-electron chi connectivity index (χ3n) is 3.10. The van der Waals surface area contributed by atoms with Crippen molar-refractivity contribution < 1.29 is 14.3 Å². The molecule has 1 saturated heterocycles. The van der Waals surface area contributed by atoms with Gasteiger partial charge >= 0.3 is 6.09 Å². The Morgan fingerprint density at radius 2 is 1.91 bits per heavy atom. The van der Waals surface area contributed by atoms with E-state index in [9.17, 15) is 9.59 Å². The molecule has 0 aliphatic carbocycles. The summed E-state index contributed by atoms with van der Waals surface area (Å²) in [4.78, 5) is 25.3. The maximum Gasteiger partial charge on any atom is 0.410 e. The lowest BCUT2D eigenvalue weighted by molar-refractivity contribution is -0.129. The van der Waals surface area contributed by atoms with Gasteiger partial charge < -0.3 is 9.64 Å². The Balaban J connectivity index is 1.75. The van der Waals surface area contributed by atoms with E-state index in [1.807, 2.05) is 45.0 Å². The number of para-hydroxylation sites is 1. The van der Waals surface area contributed by atoms with E-state index < -0.39 is 5.60 Å². The number of hydrogen-bond acceptors (Lipinski definition) is 4. The van der Waals surface area contributed by atoms with Crippen LogP contribution in [0.25, 0.3) is 0 Å². The second-order valence-electron chi connectivity index (χ2n) is 6.18. The first kappa shape index (κ1) is 16.6. The molecule has 1 aromatic rings. The first-order valence-electron chi connectivity index (χ1n) is 7.04. The first-order chi connectivity index (χ1) is 10.3. The molecule has 1 heterocycles. The number of amides is 2. The molecule has 0 radical (unpaired) electrons. The molecule has 0 atom stereocenters. The van der Waals surface area contributed by atoms with Crippen molar-refractivity contribution in [3.05, 3.63) is 28.7 Å². The van der Waals surface area contributed by atoms with Crippen LogP contribution in [-0.4, -0.2) is 35.6 Å². The number of nitrogens with one attached hydrogen (secondary N) is 2. The zero-order valence-corrected chi connectivity index (χ0v) is 14.4. The average molecular weight is 370 g/mol. The van der Waals surface area contributed by atoms with Crippen LogP contribution in [0.4, 0.5) is 10.5 Å². The SMILES string of the molecule is CC(C)(C)OC(=O)N1CC(C(=O)NNc2ccccc2Br)C1. The highest BCUT2D eigenvalue weighted by Crippen LogP contribution is 2.22. The number of carbonyl (C=O) groups is 2. The summed E-state index contributed by atoms with van der Waals surface area (Å²) in [7, 11) is 0. The number of nitrogens with zero attached hydrogens (tertiary/aromatic N) is 1. The molecular weight excluding hydrogens is 350 g/mol. The molecular formula is C15H20BrN3O3. The molecule has 6 nitrogen and oxygen atoms in total. The Hall–Kier alpha value is -1.76. The van der Waals surface area contributed by atoms with Crippen molar-refractivity contribution in [3.63, 3.8) is 0 Å². The van der Waals surface area contributed by atoms with E-state index >= 15 is 0 Å². The van der Waals surface area contributed by atoms with Gasteiger partial charge in [-0.15, -0.1) is 0 Å². The van der Waals surface area contributed by atoms with Crippen molar-refractivity contribution in [2.75, 3.05) is 18.5 Å². The minimum Gasteiger partial charge on any atom is -0.444 e. The van der Waals surface area contributed by atoms with Crippen LogP contribution in [-0.2, 0) is 9.53 Å². The highest BCUT2D eigenvalue weighted by atomic mass is 79.9. The van der Waals surface area contributed by atoms with Crippen molar-refractivity contribution in [1.82, 2.24) is 10.3 Å². The highest BCUT2D eigenvalue weighted by molar-refractivity contribution is 9.10. The molecule has 2 rings (SSSR count). The molecule has 1 aliphatic heterocycles. The molecule has 120 valence electrons. The predicted octanol–water partition coefficient (Wildman–Crippen LogP) is 2.76.